The molecule has 4 rings (SSSR count). The number of pyridine rings is 1. The van der Waals surface area contributed by atoms with Crippen molar-refractivity contribution in [2.45, 2.75) is 39.2 Å². The summed E-state index contributed by atoms with van der Waals surface area (Å²) in [5, 5.41) is 3.05. The molecular weight excluding hydrogens is 350 g/mol. The van der Waals surface area contributed by atoms with Gasteiger partial charge in [0.05, 0.1) is 0 Å². The van der Waals surface area contributed by atoms with E-state index in [1.807, 2.05) is 57.2 Å². The van der Waals surface area contributed by atoms with E-state index in [0.717, 1.165) is 41.0 Å². The lowest BCUT2D eigenvalue weighted by molar-refractivity contribution is -0.691. The molecule has 1 spiro atoms. The Morgan fingerprint density at radius 1 is 1.21 bits per heavy atom. The maximum atomic E-state index is 12.9. The predicted molar refractivity (Wildman–Crippen MR) is 109 cm³/mol. The number of anilines is 1. The van der Waals surface area contributed by atoms with Crippen LogP contribution >= 0.6 is 0 Å². The smallest absolute Gasteiger partial charge is 0.246 e. The zero-order valence-electron chi connectivity index (χ0n) is 16.7. The summed E-state index contributed by atoms with van der Waals surface area (Å²) in [6.45, 7) is 8.12. The molecule has 2 aromatic rings. The summed E-state index contributed by atoms with van der Waals surface area (Å²) in [5.74, 6) is 0.0882. The molecule has 1 unspecified atom stereocenters. The van der Waals surface area contributed by atoms with E-state index in [1.54, 1.807) is 11.0 Å². The number of carbonyl (C=O) groups excluding carboxylic acids is 2. The molecule has 2 amide bonds. The van der Waals surface area contributed by atoms with E-state index in [-0.39, 0.29) is 11.8 Å². The van der Waals surface area contributed by atoms with E-state index in [2.05, 4.69) is 16.1 Å². The van der Waals surface area contributed by atoms with Crippen LogP contribution < -0.4 is 9.88 Å². The fourth-order valence-electron chi connectivity index (χ4n) is 4.48. The van der Waals surface area contributed by atoms with E-state index in [0.29, 0.717) is 13.1 Å². The lowest BCUT2D eigenvalue weighted by Gasteiger charge is -2.17. The van der Waals surface area contributed by atoms with Crippen LogP contribution in [-0.2, 0) is 21.5 Å². The van der Waals surface area contributed by atoms with E-state index in [1.165, 1.54) is 0 Å². The highest BCUT2D eigenvalue weighted by molar-refractivity contribution is 6.08. The molecule has 1 aromatic heterocycles. The molecule has 1 aromatic carbocycles. The Balaban J connectivity index is 1.71. The van der Waals surface area contributed by atoms with Crippen LogP contribution in [0.2, 0.25) is 0 Å². The van der Waals surface area contributed by atoms with Crippen LogP contribution in [0, 0.1) is 0 Å². The van der Waals surface area contributed by atoms with Gasteiger partial charge in [-0.3, -0.25) is 9.59 Å². The summed E-state index contributed by atoms with van der Waals surface area (Å²) in [5.41, 5.74) is 4.32. The Morgan fingerprint density at radius 3 is 2.71 bits per heavy atom. The van der Waals surface area contributed by atoms with Crippen LogP contribution in [-0.4, -0.2) is 29.8 Å². The Hall–Kier alpha value is -2.95. The number of allylic oxidation sites excluding steroid dienone is 1. The maximum absolute atomic E-state index is 12.9. The summed E-state index contributed by atoms with van der Waals surface area (Å²) >= 11 is 0. The van der Waals surface area contributed by atoms with Crippen LogP contribution in [0.3, 0.4) is 0 Å². The molecule has 3 heterocycles. The van der Waals surface area contributed by atoms with Gasteiger partial charge in [0.2, 0.25) is 17.5 Å². The van der Waals surface area contributed by atoms with Crippen molar-refractivity contribution in [2.24, 2.45) is 0 Å². The number of aryl methyl sites for hydroxylation is 1. The van der Waals surface area contributed by atoms with Crippen molar-refractivity contribution in [3.63, 3.8) is 0 Å². The number of para-hydroxylation sites is 1. The fourth-order valence-corrected chi connectivity index (χ4v) is 4.48. The molecule has 5 nitrogen and oxygen atoms in total. The first-order valence-electron chi connectivity index (χ1n) is 9.93. The first kappa shape index (κ1) is 18.4. The SMILES string of the molecule is CCN(CC)C(=O)C=C(C)c1ccc2[n+](c1)CCC21C(=O)Nc2ccccc21. The lowest BCUT2D eigenvalue weighted by atomic mass is 9.77. The van der Waals surface area contributed by atoms with Crippen LogP contribution in [0.5, 0.6) is 0 Å². The zero-order valence-corrected chi connectivity index (χ0v) is 16.7. The van der Waals surface area contributed by atoms with Crippen LogP contribution in [0.15, 0.2) is 48.7 Å². The largest absolute Gasteiger partial charge is 0.340 e. The Kier molecular flexibility index (Phi) is 4.53. The van der Waals surface area contributed by atoms with E-state index >= 15 is 0 Å². The summed E-state index contributed by atoms with van der Waals surface area (Å²) in [6, 6.07) is 12.0. The van der Waals surface area contributed by atoms with Crippen molar-refractivity contribution in [1.82, 2.24) is 4.90 Å². The van der Waals surface area contributed by atoms with Crippen molar-refractivity contribution in [3.05, 3.63) is 65.5 Å². The second-order valence-electron chi connectivity index (χ2n) is 7.49. The van der Waals surface area contributed by atoms with E-state index in [9.17, 15) is 9.59 Å². The number of likely N-dealkylation sites (N-methyl/N-ethyl adjacent to an activating group) is 1. The van der Waals surface area contributed by atoms with Gasteiger partial charge in [0.1, 0.15) is 0 Å². The van der Waals surface area contributed by atoms with Gasteiger partial charge in [-0.05, 0) is 38.5 Å². The molecule has 0 saturated heterocycles. The minimum atomic E-state index is -0.607. The molecule has 0 aliphatic carbocycles. The number of rotatable bonds is 4. The van der Waals surface area contributed by atoms with Crippen molar-refractivity contribution >= 4 is 23.1 Å². The number of benzene rings is 1. The second kappa shape index (κ2) is 6.89. The standard InChI is InChI=1S/C23H25N3O2/c1-4-25(5-2)21(27)14-16(3)17-10-11-20-23(12-13-26(20)15-17)18-8-6-7-9-19(18)24-22(23)28/h6-11,14-15H,4-5,12-13H2,1-3H3/p+1. The Labute approximate surface area is 165 Å². The number of fused-ring (bicyclic) bond motifs is 4. The van der Waals surface area contributed by atoms with E-state index in [4.69, 9.17) is 0 Å². The summed E-state index contributed by atoms with van der Waals surface area (Å²) in [7, 11) is 0. The molecule has 0 fully saturated rings. The molecule has 144 valence electrons. The average molecular weight is 376 g/mol. The number of carbonyl (C=O) groups is 2. The molecule has 0 bridgehead atoms. The molecule has 2 aliphatic heterocycles. The minimum Gasteiger partial charge on any atom is -0.340 e. The normalized spacial score (nSPS) is 20.1. The maximum Gasteiger partial charge on any atom is 0.246 e. The highest BCUT2D eigenvalue weighted by atomic mass is 16.2. The third kappa shape index (κ3) is 2.65. The average Bonchev–Trinajstić information content (AvgIpc) is 3.22. The molecule has 2 aliphatic rings. The van der Waals surface area contributed by atoms with Gasteiger partial charge in [0.25, 0.3) is 0 Å². The van der Waals surface area contributed by atoms with Gasteiger partial charge in [-0.2, -0.15) is 0 Å². The first-order chi connectivity index (χ1) is 13.5. The quantitative estimate of drug-likeness (QED) is 0.659. The first-order valence-corrected chi connectivity index (χ1v) is 9.93. The molecule has 5 heteroatoms. The number of nitrogens with zero attached hydrogens (tertiary/aromatic N) is 2. The molecule has 28 heavy (non-hydrogen) atoms. The highest BCUT2D eigenvalue weighted by Gasteiger charge is 2.57. The third-order valence-corrected chi connectivity index (χ3v) is 6.08. The van der Waals surface area contributed by atoms with Crippen molar-refractivity contribution in [1.29, 1.82) is 0 Å². The minimum absolute atomic E-state index is 0.0357. The molecule has 1 N–H and O–H groups in total. The summed E-state index contributed by atoms with van der Waals surface area (Å²) < 4.78 is 2.16. The number of hydrogen-bond acceptors (Lipinski definition) is 2. The van der Waals surface area contributed by atoms with Crippen molar-refractivity contribution < 1.29 is 14.2 Å². The van der Waals surface area contributed by atoms with Crippen LogP contribution in [0.1, 0.15) is 44.0 Å². The third-order valence-electron chi connectivity index (χ3n) is 6.08. The lowest BCUT2D eigenvalue weighted by Crippen LogP contribution is -2.40. The number of aromatic nitrogens is 1. The molecular formula is C23H26N3O2+. The summed E-state index contributed by atoms with van der Waals surface area (Å²) in [4.78, 5) is 27.1. The number of amides is 2. The molecule has 0 radical (unpaired) electrons. The topological polar surface area (TPSA) is 53.3 Å². The highest BCUT2D eigenvalue weighted by Crippen LogP contribution is 2.46. The summed E-state index contributed by atoms with van der Waals surface area (Å²) in [6.07, 6.45) is 4.53. The zero-order chi connectivity index (χ0) is 19.9. The van der Waals surface area contributed by atoms with Gasteiger partial charge >= 0.3 is 0 Å². The fraction of sp³-hybridized carbons (Fsp3) is 0.348. The van der Waals surface area contributed by atoms with Gasteiger partial charge in [0.15, 0.2) is 18.2 Å². The van der Waals surface area contributed by atoms with Gasteiger partial charge in [-0.1, -0.05) is 18.2 Å². The van der Waals surface area contributed by atoms with Crippen molar-refractivity contribution in [2.75, 3.05) is 18.4 Å². The van der Waals surface area contributed by atoms with Crippen LogP contribution in [0.4, 0.5) is 5.69 Å². The predicted octanol–water partition coefficient (Wildman–Crippen LogP) is 2.89. The monoisotopic (exact) mass is 376 g/mol. The molecule has 1 atom stereocenters. The van der Waals surface area contributed by atoms with Crippen molar-refractivity contribution in [3.8, 4) is 0 Å². The molecule has 0 saturated carbocycles. The van der Waals surface area contributed by atoms with E-state index < -0.39 is 5.41 Å². The Morgan fingerprint density at radius 2 is 1.96 bits per heavy atom. The van der Waals surface area contributed by atoms with Gasteiger partial charge in [-0.15, -0.1) is 0 Å². The van der Waals surface area contributed by atoms with Crippen LogP contribution in [0.25, 0.3) is 5.57 Å². The van der Waals surface area contributed by atoms with Gasteiger partial charge in [0, 0.05) is 48.5 Å². The second-order valence-corrected chi connectivity index (χ2v) is 7.49. The number of nitrogens with one attached hydrogen (secondary N) is 1. The van der Waals surface area contributed by atoms with Gasteiger partial charge < -0.3 is 10.2 Å². The number of hydrogen-bond donors (Lipinski definition) is 1. The van der Waals surface area contributed by atoms with Gasteiger partial charge in [-0.25, -0.2) is 4.57 Å². The Bertz CT molecular complexity index is 991.